The highest BCUT2D eigenvalue weighted by atomic mass is 16.6. The molecule has 1 heterocycles. The van der Waals surface area contributed by atoms with Crippen molar-refractivity contribution in [2.45, 2.75) is 26.3 Å². The maximum atomic E-state index is 12.0. The first kappa shape index (κ1) is 15.4. The van der Waals surface area contributed by atoms with Crippen LogP contribution in [0.25, 0.3) is 0 Å². The minimum Gasteiger partial charge on any atom is -0.486 e. The van der Waals surface area contributed by atoms with E-state index in [1.54, 1.807) is 0 Å². The van der Waals surface area contributed by atoms with E-state index in [2.05, 4.69) is 36.5 Å². The number of nitrogens with one attached hydrogen (secondary N) is 1. The molecule has 4 nitrogen and oxygen atoms in total. The zero-order valence-electron chi connectivity index (χ0n) is 13.3. The molecule has 0 aliphatic carbocycles. The van der Waals surface area contributed by atoms with Gasteiger partial charge in [0.1, 0.15) is 13.2 Å². The molecule has 0 unspecified atom stereocenters. The van der Waals surface area contributed by atoms with Crippen molar-refractivity contribution in [2.75, 3.05) is 13.2 Å². The Labute approximate surface area is 136 Å². The average Bonchev–Trinajstić information content (AvgIpc) is 2.59. The SMILES string of the molecule is Cc1ccc(CCC(=O)NCc2ccc3c(c2)OCCO3)cc1. The minimum atomic E-state index is 0.0560. The average molecular weight is 311 g/mol. The highest BCUT2D eigenvalue weighted by Crippen LogP contribution is 2.30. The van der Waals surface area contributed by atoms with Gasteiger partial charge in [-0.05, 0) is 36.6 Å². The summed E-state index contributed by atoms with van der Waals surface area (Å²) in [6.45, 7) is 3.72. The molecule has 1 aliphatic rings. The Morgan fingerprint density at radius 2 is 1.70 bits per heavy atom. The largest absolute Gasteiger partial charge is 0.486 e. The van der Waals surface area contributed by atoms with E-state index in [1.165, 1.54) is 11.1 Å². The number of hydrogen-bond acceptors (Lipinski definition) is 3. The van der Waals surface area contributed by atoms with E-state index in [4.69, 9.17) is 9.47 Å². The molecule has 0 aromatic heterocycles. The van der Waals surface area contributed by atoms with Crippen molar-refractivity contribution in [2.24, 2.45) is 0 Å². The van der Waals surface area contributed by atoms with E-state index in [1.807, 2.05) is 18.2 Å². The number of hydrogen-bond donors (Lipinski definition) is 1. The lowest BCUT2D eigenvalue weighted by molar-refractivity contribution is -0.121. The molecule has 4 heteroatoms. The molecule has 1 aliphatic heterocycles. The quantitative estimate of drug-likeness (QED) is 0.923. The lowest BCUT2D eigenvalue weighted by atomic mass is 10.1. The maximum absolute atomic E-state index is 12.0. The van der Waals surface area contributed by atoms with Gasteiger partial charge in [-0.15, -0.1) is 0 Å². The van der Waals surface area contributed by atoms with Crippen LogP contribution in [0.2, 0.25) is 0 Å². The summed E-state index contributed by atoms with van der Waals surface area (Å²) in [5.74, 6) is 1.58. The van der Waals surface area contributed by atoms with Gasteiger partial charge in [-0.3, -0.25) is 4.79 Å². The van der Waals surface area contributed by atoms with Gasteiger partial charge in [-0.2, -0.15) is 0 Å². The molecule has 2 aromatic carbocycles. The molecule has 120 valence electrons. The zero-order valence-corrected chi connectivity index (χ0v) is 13.3. The number of fused-ring (bicyclic) bond motifs is 1. The van der Waals surface area contributed by atoms with Gasteiger partial charge >= 0.3 is 0 Å². The van der Waals surface area contributed by atoms with Crippen LogP contribution in [0.15, 0.2) is 42.5 Å². The smallest absolute Gasteiger partial charge is 0.220 e. The van der Waals surface area contributed by atoms with E-state index in [-0.39, 0.29) is 5.91 Å². The third kappa shape index (κ3) is 4.25. The van der Waals surface area contributed by atoms with Crippen molar-refractivity contribution in [3.05, 3.63) is 59.2 Å². The maximum Gasteiger partial charge on any atom is 0.220 e. The fourth-order valence-electron chi connectivity index (χ4n) is 2.50. The van der Waals surface area contributed by atoms with Crippen LogP contribution in [0, 0.1) is 6.92 Å². The molecule has 1 amide bonds. The van der Waals surface area contributed by atoms with Crippen LogP contribution in [-0.2, 0) is 17.8 Å². The molecule has 2 aromatic rings. The number of carbonyl (C=O) groups excluding carboxylic acids is 1. The lowest BCUT2D eigenvalue weighted by Gasteiger charge is -2.19. The van der Waals surface area contributed by atoms with Crippen LogP contribution >= 0.6 is 0 Å². The molecule has 0 saturated carbocycles. The molecule has 0 bridgehead atoms. The van der Waals surface area contributed by atoms with Crippen molar-refractivity contribution >= 4 is 5.91 Å². The van der Waals surface area contributed by atoms with Crippen LogP contribution in [-0.4, -0.2) is 19.1 Å². The van der Waals surface area contributed by atoms with Gasteiger partial charge in [0.25, 0.3) is 0 Å². The van der Waals surface area contributed by atoms with Crippen LogP contribution in [0.3, 0.4) is 0 Å². The second-order valence-electron chi connectivity index (χ2n) is 5.74. The topological polar surface area (TPSA) is 47.6 Å². The normalized spacial score (nSPS) is 12.7. The van der Waals surface area contributed by atoms with E-state index < -0.39 is 0 Å². The van der Waals surface area contributed by atoms with Crippen LogP contribution in [0.5, 0.6) is 11.5 Å². The molecule has 0 fully saturated rings. The van der Waals surface area contributed by atoms with Gasteiger partial charge in [-0.25, -0.2) is 0 Å². The van der Waals surface area contributed by atoms with Crippen molar-refractivity contribution in [3.8, 4) is 11.5 Å². The second kappa shape index (κ2) is 7.18. The van der Waals surface area contributed by atoms with Crippen LogP contribution in [0.1, 0.15) is 23.1 Å². The number of amides is 1. The third-order valence-electron chi connectivity index (χ3n) is 3.86. The summed E-state index contributed by atoms with van der Waals surface area (Å²) < 4.78 is 11.0. The summed E-state index contributed by atoms with van der Waals surface area (Å²) in [6, 6.07) is 14.1. The Morgan fingerprint density at radius 1 is 1.00 bits per heavy atom. The summed E-state index contributed by atoms with van der Waals surface area (Å²) in [7, 11) is 0. The highest BCUT2D eigenvalue weighted by Gasteiger charge is 2.12. The van der Waals surface area contributed by atoms with Gasteiger partial charge in [-0.1, -0.05) is 35.9 Å². The Hall–Kier alpha value is -2.49. The molecular weight excluding hydrogens is 290 g/mol. The monoisotopic (exact) mass is 311 g/mol. The molecule has 0 atom stereocenters. The van der Waals surface area contributed by atoms with Gasteiger partial charge in [0.15, 0.2) is 11.5 Å². The molecule has 0 saturated heterocycles. The summed E-state index contributed by atoms with van der Waals surface area (Å²) in [5.41, 5.74) is 3.43. The van der Waals surface area contributed by atoms with Crippen LogP contribution in [0.4, 0.5) is 0 Å². The Kier molecular flexibility index (Phi) is 4.81. The number of aryl methyl sites for hydroxylation is 2. The first-order chi connectivity index (χ1) is 11.2. The zero-order chi connectivity index (χ0) is 16.1. The molecular formula is C19H21NO3. The van der Waals surface area contributed by atoms with Crippen molar-refractivity contribution in [1.29, 1.82) is 0 Å². The van der Waals surface area contributed by atoms with Crippen molar-refractivity contribution in [3.63, 3.8) is 0 Å². The van der Waals surface area contributed by atoms with Crippen molar-refractivity contribution < 1.29 is 14.3 Å². The van der Waals surface area contributed by atoms with E-state index in [0.717, 1.165) is 23.5 Å². The minimum absolute atomic E-state index is 0.0560. The Bertz CT molecular complexity index is 680. The van der Waals surface area contributed by atoms with E-state index in [9.17, 15) is 4.79 Å². The van der Waals surface area contributed by atoms with Gasteiger partial charge in [0.2, 0.25) is 5.91 Å². The first-order valence-corrected chi connectivity index (χ1v) is 7.91. The summed E-state index contributed by atoms with van der Waals surface area (Å²) in [5, 5.41) is 2.95. The van der Waals surface area contributed by atoms with E-state index in [0.29, 0.717) is 26.2 Å². The number of carbonyl (C=O) groups is 1. The number of ether oxygens (including phenoxy) is 2. The van der Waals surface area contributed by atoms with Crippen molar-refractivity contribution in [1.82, 2.24) is 5.32 Å². The number of rotatable bonds is 5. The summed E-state index contributed by atoms with van der Waals surface area (Å²) in [4.78, 5) is 12.0. The second-order valence-corrected chi connectivity index (χ2v) is 5.74. The molecule has 0 radical (unpaired) electrons. The summed E-state index contributed by atoms with van der Waals surface area (Å²) in [6.07, 6.45) is 1.25. The van der Waals surface area contributed by atoms with Gasteiger partial charge in [0.05, 0.1) is 0 Å². The fraction of sp³-hybridized carbons (Fsp3) is 0.316. The predicted molar refractivity (Wildman–Crippen MR) is 88.8 cm³/mol. The Balaban J connectivity index is 1.48. The van der Waals surface area contributed by atoms with Crippen LogP contribution < -0.4 is 14.8 Å². The van der Waals surface area contributed by atoms with E-state index >= 15 is 0 Å². The lowest BCUT2D eigenvalue weighted by Crippen LogP contribution is -2.23. The summed E-state index contributed by atoms with van der Waals surface area (Å²) >= 11 is 0. The van der Waals surface area contributed by atoms with Gasteiger partial charge < -0.3 is 14.8 Å². The molecule has 1 N–H and O–H groups in total. The molecule has 23 heavy (non-hydrogen) atoms. The van der Waals surface area contributed by atoms with Gasteiger partial charge in [0, 0.05) is 13.0 Å². The third-order valence-corrected chi connectivity index (χ3v) is 3.86. The Morgan fingerprint density at radius 3 is 2.48 bits per heavy atom. The highest BCUT2D eigenvalue weighted by molar-refractivity contribution is 5.76. The molecule has 0 spiro atoms. The molecule has 3 rings (SSSR count). The first-order valence-electron chi connectivity index (χ1n) is 7.91. The fourth-order valence-corrected chi connectivity index (χ4v) is 2.50. The predicted octanol–water partition coefficient (Wildman–Crippen LogP) is 3.02. The number of benzene rings is 2. The standard InChI is InChI=1S/C19H21NO3/c1-14-2-4-15(5-3-14)7-9-19(21)20-13-16-6-8-17-18(12-16)23-11-10-22-17/h2-6,8,12H,7,9-11,13H2,1H3,(H,20,21).